The maximum atomic E-state index is 13.2. The Morgan fingerprint density at radius 2 is 0.370 bits per heavy atom. The third-order valence-corrected chi connectivity index (χ3v) is 23.0. The van der Waals surface area contributed by atoms with Crippen molar-refractivity contribution in [3.8, 4) is 0 Å². The minimum atomic E-state index is -4.97. The molecular weight excluding hydrogens is 1400 g/mol. The van der Waals surface area contributed by atoms with Crippen molar-refractivity contribution in [2.24, 2.45) is 0 Å². The molecule has 5 atom stereocenters. The summed E-state index contributed by atoms with van der Waals surface area (Å²) < 4.78 is 69.0. The van der Waals surface area contributed by atoms with Crippen molar-refractivity contribution >= 4 is 39.5 Å². The maximum Gasteiger partial charge on any atom is 0.472 e. The lowest BCUT2D eigenvalue weighted by molar-refractivity contribution is -0.161. The first kappa shape index (κ1) is 106. The molecule has 0 aromatic carbocycles. The van der Waals surface area contributed by atoms with Gasteiger partial charge in [0.1, 0.15) is 19.3 Å². The third-order valence-electron chi connectivity index (χ3n) is 21.1. The number of hydrogen-bond donors (Lipinski definition) is 3. The molecule has 108 heavy (non-hydrogen) atoms. The first-order chi connectivity index (χ1) is 52.7. The van der Waals surface area contributed by atoms with Gasteiger partial charge in [0.05, 0.1) is 26.4 Å². The average Bonchev–Trinajstić information content (AvgIpc) is 0.893. The van der Waals surface area contributed by atoms with E-state index in [2.05, 4.69) is 27.7 Å². The van der Waals surface area contributed by atoms with Crippen molar-refractivity contribution in [1.29, 1.82) is 0 Å². The van der Waals surface area contributed by atoms with E-state index in [0.29, 0.717) is 25.7 Å². The van der Waals surface area contributed by atoms with E-state index in [0.717, 1.165) is 89.9 Å². The van der Waals surface area contributed by atoms with Gasteiger partial charge in [0, 0.05) is 25.7 Å². The zero-order valence-corrected chi connectivity index (χ0v) is 72.6. The Balaban J connectivity index is 5.24. The summed E-state index contributed by atoms with van der Waals surface area (Å²) in [5.41, 5.74) is 0. The lowest BCUT2D eigenvalue weighted by Crippen LogP contribution is -2.30. The van der Waals surface area contributed by atoms with Gasteiger partial charge in [-0.25, -0.2) is 9.13 Å². The molecule has 17 nitrogen and oxygen atoms in total. The number of esters is 4. The molecule has 2 unspecified atom stereocenters. The fraction of sp³-hybridized carbons (Fsp3) is 0.955. The Bertz CT molecular complexity index is 2030. The van der Waals surface area contributed by atoms with E-state index >= 15 is 0 Å². The van der Waals surface area contributed by atoms with Crippen LogP contribution in [0.15, 0.2) is 0 Å². The summed E-state index contributed by atoms with van der Waals surface area (Å²) in [7, 11) is -9.93. The standard InChI is InChI=1S/C89H174O17P2/c1-5-9-13-17-21-25-29-33-36-39-41-42-44-46-49-52-56-60-64-68-72-76-89(94)106-85(80-100-87(92)74-70-66-62-58-54-50-48-45-43-40-37-34-30-26-22-18-14-10-6-2)82-104-108(97,98)102-78-83(90)77-101-107(95,96)103-81-84(79-99-86(91)73-69-65-61-57-53-32-28-24-20-16-12-8-4)105-88(93)75-71-67-63-59-55-51-47-38-35-31-27-23-19-15-11-7-3/h83-85,90H,5-82H2,1-4H3,(H,95,96)(H,97,98)/t83-,84+,85+/m0/s1. The van der Waals surface area contributed by atoms with Crippen LogP contribution in [-0.2, 0) is 65.4 Å². The molecule has 0 radical (unpaired) electrons. The van der Waals surface area contributed by atoms with Crippen LogP contribution in [0.1, 0.15) is 490 Å². The SMILES string of the molecule is CCCCCCCCCCCCCCCCCCCCCCCC(=O)O[C@H](COC(=O)CCCCCCCCCCCCCCCCCCCCC)COP(=O)(O)OC[C@@H](O)COP(=O)(O)OC[C@@H](COC(=O)CCCCCCCCCCCCCC)OC(=O)CCCCCCCCCCCCCCCCCC. The minimum Gasteiger partial charge on any atom is -0.462 e. The highest BCUT2D eigenvalue weighted by atomic mass is 31.2. The predicted molar refractivity (Wildman–Crippen MR) is 446 cm³/mol. The largest absolute Gasteiger partial charge is 0.472 e. The minimum absolute atomic E-state index is 0.109. The summed E-state index contributed by atoms with van der Waals surface area (Å²) in [6, 6.07) is 0. The van der Waals surface area contributed by atoms with Crippen molar-refractivity contribution in [3.63, 3.8) is 0 Å². The van der Waals surface area contributed by atoms with Crippen LogP contribution in [0.25, 0.3) is 0 Å². The van der Waals surface area contributed by atoms with Crippen molar-refractivity contribution in [2.45, 2.75) is 508 Å². The van der Waals surface area contributed by atoms with Crippen LogP contribution in [-0.4, -0.2) is 96.7 Å². The molecule has 0 aliphatic heterocycles. The van der Waals surface area contributed by atoms with Crippen LogP contribution >= 0.6 is 15.6 Å². The summed E-state index contributed by atoms with van der Waals surface area (Å²) in [6.07, 6.45) is 79.2. The molecular formula is C89H174O17P2. The number of phosphoric acid groups is 2. The van der Waals surface area contributed by atoms with Crippen LogP contribution in [0, 0.1) is 0 Å². The number of ether oxygens (including phenoxy) is 4. The van der Waals surface area contributed by atoms with Crippen molar-refractivity contribution < 1.29 is 80.2 Å². The van der Waals surface area contributed by atoms with Crippen molar-refractivity contribution in [3.05, 3.63) is 0 Å². The topological polar surface area (TPSA) is 237 Å². The second-order valence-corrected chi connectivity index (χ2v) is 34.9. The van der Waals surface area contributed by atoms with E-state index in [4.69, 9.17) is 37.0 Å². The summed E-state index contributed by atoms with van der Waals surface area (Å²) in [6.45, 7) is 5.08. The van der Waals surface area contributed by atoms with E-state index in [1.54, 1.807) is 0 Å². The maximum absolute atomic E-state index is 13.2. The molecule has 0 aromatic heterocycles. The van der Waals surface area contributed by atoms with Crippen LogP contribution in [0.3, 0.4) is 0 Å². The number of phosphoric ester groups is 2. The van der Waals surface area contributed by atoms with Gasteiger partial charge in [0.15, 0.2) is 12.2 Å². The monoisotopic (exact) mass is 1580 g/mol. The normalized spacial score (nSPS) is 13.7. The molecule has 3 N–H and O–H groups in total. The highest BCUT2D eigenvalue weighted by Gasteiger charge is 2.30. The Kier molecular flexibility index (Phi) is 81.5. The fourth-order valence-electron chi connectivity index (χ4n) is 14.1. The lowest BCUT2D eigenvalue weighted by Gasteiger charge is -2.21. The Morgan fingerprint density at radius 1 is 0.222 bits per heavy atom. The van der Waals surface area contributed by atoms with Gasteiger partial charge in [0.2, 0.25) is 0 Å². The molecule has 642 valence electrons. The molecule has 0 aliphatic rings. The summed E-state index contributed by atoms with van der Waals surface area (Å²) in [4.78, 5) is 73.4. The molecule has 19 heteroatoms. The van der Waals surface area contributed by atoms with Crippen LogP contribution < -0.4 is 0 Å². The first-order valence-electron chi connectivity index (χ1n) is 46.3. The average molecular weight is 1580 g/mol. The number of unbranched alkanes of at least 4 members (excludes halogenated alkanes) is 64. The number of carbonyl (C=O) groups is 4. The zero-order valence-electron chi connectivity index (χ0n) is 70.8. The van der Waals surface area contributed by atoms with Gasteiger partial charge < -0.3 is 33.8 Å². The van der Waals surface area contributed by atoms with Crippen LogP contribution in [0.2, 0.25) is 0 Å². The molecule has 0 saturated carbocycles. The summed E-state index contributed by atoms with van der Waals surface area (Å²) >= 11 is 0. The van der Waals surface area contributed by atoms with E-state index < -0.39 is 97.5 Å². The van der Waals surface area contributed by atoms with Crippen molar-refractivity contribution in [2.75, 3.05) is 39.6 Å². The molecule has 0 spiro atoms. The quantitative estimate of drug-likeness (QED) is 0.0222. The van der Waals surface area contributed by atoms with E-state index in [-0.39, 0.29) is 25.7 Å². The molecule has 0 aliphatic carbocycles. The van der Waals surface area contributed by atoms with Crippen molar-refractivity contribution in [1.82, 2.24) is 0 Å². The second-order valence-electron chi connectivity index (χ2n) is 32.0. The smallest absolute Gasteiger partial charge is 0.462 e. The van der Waals surface area contributed by atoms with Gasteiger partial charge in [0.25, 0.3) is 0 Å². The van der Waals surface area contributed by atoms with E-state index in [1.807, 2.05) is 0 Å². The number of carbonyl (C=O) groups excluding carboxylic acids is 4. The number of rotatable bonds is 90. The Hall–Kier alpha value is -1.94. The molecule has 0 amide bonds. The number of hydrogen-bond acceptors (Lipinski definition) is 15. The zero-order chi connectivity index (χ0) is 78.9. The molecule has 0 aromatic rings. The predicted octanol–water partition coefficient (Wildman–Crippen LogP) is 27.7. The number of aliphatic hydroxyl groups is 1. The highest BCUT2D eigenvalue weighted by molar-refractivity contribution is 7.47. The summed E-state index contributed by atoms with van der Waals surface area (Å²) in [5.74, 6) is -2.09. The van der Waals surface area contributed by atoms with Crippen LogP contribution in [0.5, 0.6) is 0 Å². The van der Waals surface area contributed by atoms with Gasteiger partial charge in [-0.3, -0.25) is 37.3 Å². The van der Waals surface area contributed by atoms with Crippen LogP contribution in [0.4, 0.5) is 0 Å². The molecule has 0 fully saturated rings. The second kappa shape index (κ2) is 83.0. The van der Waals surface area contributed by atoms with Gasteiger partial charge >= 0.3 is 39.5 Å². The molecule has 0 rings (SSSR count). The molecule has 0 bridgehead atoms. The van der Waals surface area contributed by atoms with Gasteiger partial charge in [-0.05, 0) is 25.7 Å². The van der Waals surface area contributed by atoms with Gasteiger partial charge in [-0.2, -0.15) is 0 Å². The third kappa shape index (κ3) is 82.1. The Labute approximate surface area is 664 Å². The van der Waals surface area contributed by atoms with Gasteiger partial charge in [-0.1, -0.05) is 439 Å². The van der Waals surface area contributed by atoms with E-state index in [1.165, 1.54) is 321 Å². The fourth-order valence-corrected chi connectivity index (χ4v) is 15.6. The summed E-state index contributed by atoms with van der Waals surface area (Å²) in [5, 5.41) is 10.7. The first-order valence-corrected chi connectivity index (χ1v) is 49.3. The molecule has 0 saturated heterocycles. The lowest BCUT2D eigenvalue weighted by atomic mass is 10.0. The number of aliphatic hydroxyl groups excluding tert-OH is 1. The van der Waals surface area contributed by atoms with E-state index in [9.17, 15) is 43.2 Å². The molecule has 0 heterocycles. The highest BCUT2D eigenvalue weighted by Crippen LogP contribution is 2.45. The van der Waals surface area contributed by atoms with Gasteiger partial charge in [-0.15, -0.1) is 0 Å². The Morgan fingerprint density at radius 3 is 0.546 bits per heavy atom.